The van der Waals surface area contributed by atoms with Crippen molar-refractivity contribution in [2.75, 3.05) is 24.5 Å². The number of rotatable bonds is 3. The fraction of sp³-hybridized carbons (Fsp3) is 0.235. The fourth-order valence-electron chi connectivity index (χ4n) is 2.69. The summed E-state index contributed by atoms with van der Waals surface area (Å²) in [6.45, 7) is 0.474. The molecular formula is C17H17FN2O3S. The highest BCUT2D eigenvalue weighted by Gasteiger charge is 2.31. The number of carbonyl (C=O) groups excluding carboxylic acids is 1. The zero-order valence-corrected chi connectivity index (χ0v) is 13.7. The van der Waals surface area contributed by atoms with Gasteiger partial charge < -0.3 is 4.90 Å². The number of halogens is 1. The van der Waals surface area contributed by atoms with Crippen LogP contribution in [0.25, 0.3) is 0 Å². The monoisotopic (exact) mass is 348 g/mol. The molecule has 0 bridgehead atoms. The van der Waals surface area contributed by atoms with E-state index in [1.165, 1.54) is 12.1 Å². The summed E-state index contributed by atoms with van der Waals surface area (Å²) in [5.41, 5.74) is 0.753. The third kappa shape index (κ3) is 3.32. The molecule has 24 heavy (non-hydrogen) atoms. The first-order chi connectivity index (χ1) is 11.5. The van der Waals surface area contributed by atoms with Crippen molar-refractivity contribution in [1.82, 2.24) is 4.31 Å². The van der Waals surface area contributed by atoms with Crippen LogP contribution in [0.1, 0.15) is 6.42 Å². The van der Waals surface area contributed by atoms with E-state index in [9.17, 15) is 17.6 Å². The van der Waals surface area contributed by atoms with Gasteiger partial charge in [0.2, 0.25) is 15.9 Å². The second kappa shape index (κ2) is 6.70. The lowest BCUT2D eigenvalue weighted by Gasteiger charge is -2.21. The van der Waals surface area contributed by atoms with Gasteiger partial charge in [0.25, 0.3) is 0 Å². The Bertz CT molecular complexity index is 823. The van der Waals surface area contributed by atoms with Gasteiger partial charge in [-0.05, 0) is 42.8 Å². The molecule has 0 aliphatic carbocycles. The Labute approximate surface area is 140 Å². The predicted molar refractivity (Wildman–Crippen MR) is 88.6 cm³/mol. The van der Waals surface area contributed by atoms with Crippen LogP contribution in [0.2, 0.25) is 0 Å². The Morgan fingerprint density at radius 2 is 1.58 bits per heavy atom. The van der Waals surface area contributed by atoms with Crippen LogP contribution in [-0.2, 0) is 14.8 Å². The minimum absolute atomic E-state index is 0.00939. The van der Waals surface area contributed by atoms with E-state index in [0.717, 1.165) is 22.1 Å². The first-order valence-corrected chi connectivity index (χ1v) is 9.03. The number of hydrogen-bond donors (Lipinski definition) is 0. The van der Waals surface area contributed by atoms with Crippen molar-refractivity contribution in [1.29, 1.82) is 0 Å². The minimum atomic E-state index is -3.82. The largest absolute Gasteiger partial charge is 0.311 e. The van der Waals surface area contributed by atoms with Crippen molar-refractivity contribution in [3.8, 4) is 0 Å². The molecule has 3 rings (SSSR count). The molecule has 1 aliphatic rings. The number of para-hydroxylation sites is 1. The number of anilines is 1. The lowest BCUT2D eigenvalue weighted by atomic mass is 10.2. The van der Waals surface area contributed by atoms with Crippen LogP contribution < -0.4 is 4.90 Å². The SMILES string of the molecule is O=C1CN(S(=O)(=O)c2ccc(F)cc2)CCCN1c1ccccc1. The molecule has 0 saturated carbocycles. The molecule has 0 atom stereocenters. The standard InChI is InChI=1S/C17H17FN2O3S/c18-14-7-9-16(10-8-14)24(22,23)19-11-4-12-20(17(21)13-19)15-5-2-1-3-6-15/h1-3,5-10H,4,11-13H2. The normalized spacial score (nSPS) is 16.9. The maximum absolute atomic E-state index is 13.0. The molecule has 1 fully saturated rings. The summed E-state index contributed by atoms with van der Waals surface area (Å²) in [4.78, 5) is 14.1. The molecule has 0 N–H and O–H groups in total. The molecule has 0 spiro atoms. The van der Waals surface area contributed by atoms with Gasteiger partial charge in [0.1, 0.15) is 5.82 Å². The van der Waals surface area contributed by atoms with E-state index in [1.807, 2.05) is 30.3 Å². The number of nitrogens with zero attached hydrogens (tertiary/aromatic N) is 2. The van der Waals surface area contributed by atoms with Crippen LogP contribution in [0.15, 0.2) is 59.5 Å². The molecule has 1 heterocycles. The molecule has 2 aromatic carbocycles. The summed E-state index contributed by atoms with van der Waals surface area (Å²) in [6.07, 6.45) is 0.529. The second-order valence-electron chi connectivity index (χ2n) is 5.53. The van der Waals surface area contributed by atoms with Gasteiger partial charge in [-0.15, -0.1) is 0 Å². The van der Waals surface area contributed by atoms with E-state index in [-0.39, 0.29) is 23.9 Å². The van der Waals surface area contributed by atoms with Crippen LogP contribution >= 0.6 is 0 Å². The van der Waals surface area contributed by atoms with E-state index in [1.54, 1.807) is 4.90 Å². The number of amides is 1. The fourth-order valence-corrected chi connectivity index (χ4v) is 4.11. The molecular weight excluding hydrogens is 331 g/mol. The van der Waals surface area contributed by atoms with E-state index < -0.39 is 15.8 Å². The maximum atomic E-state index is 13.0. The van der Waals surface area contributed by atoms with Crippen LogP contribution in [-0.4, -0.2) is 38.3 Å². The van der Waals surface area contributed by atoms with Gasteiger partial charge in [0.05, 0.1) is 11.4 Å². The van der Waals surface area contributed by atoms with E-state index >= 15 is 0 Å². The molecule has 0 aromatic heterocycles. The Morgan fingerprint density at radius 1 is 0.917 bits per heavy atom. The summed E-state index contributed by atoms with van der Waals surface area (Å²) < 4.78 is 39.5. The Balaban J connectivity index is 1.84. The average molecular weight is 348 g/mol. The topological polar surface area (TPSA) is 57.7 Å². The third-order valence-corrected chi connectivity index (χ3v) is 5.78. The van der Waals surface area contributed by atoms with Crippen LogP contribution in [0.4, 0.5) is 10.1 Å². The molecule has 126 valence electrons. The molecule has 0 radical (unpaired) electrons. The van der Waals surface area contributed by atoms with Crippen LogP contribution in [0.5, 0.6) is 0 Å². The summed E-state index contributed by atoms with van der Waals surface area (Å²) in [7, 11) is -3.82. The zero-order valence-electron chi connectivity index (χ0n) is 12.9. The minimum Gasteiger partial charge on any atom is -0.311 e. The van der Waals surface area contributed by atoms with Crippen molar-refractivity contribution >= 4 is 21.6 Å². The highest BCUT2D eigenvalue weighted by Crippen LogP contribution is 2.21. The van der Waals surface area contributed by atoms with Crippen LogP contribution in [0.3, 0.4) is 0 Å². The average Bonchev–Trinajstić information content (AvgIpc) is 2.78. The van der Waals surface area contributed by atoms with Crippen molar-refractivity contribution in [2.24, 2.45) is 0 Å². The van der Waals surface area contributed by atoms with Gasteiger partial charge in [-0.25, -0.2) is 12.8 Å². The molecule has 1 amide bonds. The molecule has 1 aliphatic heterocycles. The Morgan fingerprint density at radius 3 is 2.25 bits per heavy atom. The maximum Gasteiger partial charge on any atom is 0.243 e. The molecule has 0 unspecified atom stereocenters. The van der Waals surface area contributed by atoms with Crippen molar-refractivity contribution in [3.63, 3.8) is 0 Å². The predicted octanol–water partition coefficient (Wildman–Crippen LogP) is 2.25. The van der Waals surface area contributed by atoms with Gasteiger partial charge in [-0.3, -0.25) is 4.79 Å². The lowest BCUT2D eigenvalue weighted by Crippen LogP contribution is -2.39. The summed E-state index contributed by atoms with van der Waals surface area (Å²) in [5.74, 6) is -0.777. The summed E-state index contributed by atoms with van der Waals surface area (Å²) in [6, 6.07) is 13.8. The molecule has 5 nitrogen and oxygen atoms in total. The number of hydrogen-bond acceptors (Lipinski definition) is 3. The second-order valence-corrected chi connectivity index (χ2v) is 7.46. The first kappa shape index (κ1) is 16.6. The first-order valence-electron chi connectivity index (χ1n) is 7.59. The lowest BCUT2D eigenvalue weighted by molar-refractivity contribution is -0.118. The highest BCUT2D eigenvalue weighted by atomic mass is 32.2. The summed E-state index contributed by atoms with van der Waals surface area (Å²) >= 11 is 0. The van der Waals surface area contributed by atoms with Crippen molar-refractivity contribution in [2.45, 2.75) is 11.3 Å². The number of sulfonamides is 1. The van der Waals surface area contributed by atoms with Gasteiger partial charge in [-0.2, -0.15) is 4.31 Å². The molecule has 7 heteroatoms. The Kier molecular flexibility index (Phi) is 4.64. The smallest absolute Gasteiger partial charge is 0.243 e. The van der Waals surface area contributed by atoms with E-state index in [4.69, 9.17) is 0 Å². The highest BCUT2D eigenvalue weighted by molar-refractivity contribution is 7.89. The van der Waals surface area contributed by atoms with Gasteiger partial charge in [0.15, 0.2) is 0 Å². The Hall–Kier alpha value is -2.25. The van der Waals surface area contributed by atoms with E-state index in [2.05, 4.69) is 0 Å². The van der Waals surface area contributed by atoms with E-state index in [0.29, 0.717) is 13.0 Å². The number of carbonyl (C=O) groups is 1. The van der Waals surface area contributed by atoms with Gasteiger partial charge in [-0.1, -0.05) is 18.2 Å². The number of benzene rings is 2. The zero-order chi connectivity index (χ0) is 17.2. The molecule has 1 saturated heterocycles. The summed E-state index contributed by atoms with van der Waals surface area (Å²) in [5, 5.41) is 0. The van der Waals surface area contributed by atoms with Gasteiger partial charge >= 0.3 is 0 Å². The van der Waals surface area contributed by atoms with Gasteiger partial charge in [0, 0.05) is 18.8 Å². The quantitative estimate of drug-likeness (QED) is 0.855. The van der Waals surface area contributed by atoms with Crippen molar-refractivity contribution < 1.29 is 17.6 Å². The third-order valence-electron chi connectivity index (χ3n) is 3.92. The van der Waals surface area contributed by atoms with Crippen LogP contribution in [0, 0.1) is 5.82 Å². The van der Waals surface area contributed by atoms with Crippen molar-refractivity contribution in [3.05, 3.63) is 60.4 Å². The molecule has 2 aromatic rings.